The molecule has 1 fully saturated rings. The summed E-state index contributed by atoms with van der Waals surface area (Å²) in [6, 6.07) is 15.6. The Kier molecular flexibility index (Phi) is 10.1. The van der Waals surface area contributed by atoms with Gasteiger partial charge in [0.2, 0.25) is 0 Å². The first kappa shape index (κ1) is 28.3. The summed E-state index contributed by atoms with van der Waals surface area (Å²) in [5, 5.41) is 4.88. The number of anilines is 1. The first-order valence-electron chi connectivity index (χ1n) is 12.0. The lowest BCUT2D eigenvalue weighted by molar-refractivity contribution is 0.0884. The van der Waals surface area contributed by atoms with E-state index in [1.807, 2.05) is 36.4 Å². The van der Waals surface area contributed by atoms with E-state index in [0.717, 1.165) is 75.5 Å². The van der Waals surface area contributed by atoms with Crippen molar-refractivity contribution >= 4 is 47.9 Å². The molecule has 0 amide bonds. The van der Waals surface area contributed by atoms with Crippen molar-refractivity contribution < 1.29 is 14.1 Å². The molecule has 3 aromatic rings. The number of aryl methyl sites for hydroxylation is 1. The van der Waals surface area contributed by atoms with E-state index < -0.39 is 0 Å². The minimum absolute atomic E-state index is 0. The van der Waals surface area contributed by atoms with Crippen molar-refractivity contribution in [1.82, 2.24) is 10.1 Å². The van der Waals surface area contributed by atoms with Gasteiger partial charge in [-0.1, -0.05) is 41.0 Å². The molecule has 1 aliphatic carbocycles. The molecule has 0 saturated carbocycles. The molecule has 1 atom stereocenters. The number of halogens is 3. The Morgan fingerprint density at radius 1 is 1.06 bits per heavy atom. The minimum atomic E-state index is 0. The van der Waals surface area contributed by atoms with Crippen LogP contribution in [0, 0.1) is 5.92 Å². The van der Waals surface area contributed by atoms with E-state index in [4.69, 9.17) is 20.9 Å². The van der Waals surface area contributed by atoms with Crippen LogP contribution in [0.25, 0.3) is 11.3 Å². The molecule has 9 heteroatoms. The van der Waals surface area contributed by atoms with Crippen LogP contribution in [-0.2, 0) is 6.42 Å². The van der Waals surface area contributed by atoms with E-state index in [0.29, 0.717) is 16.3 Å². The van der Waals surface area contributed by atoms with Crippen molar-refractivity contribution in [2.75, 3.05) is 44.7 Å². The maximum atomic E-state index is 13.3. The van der Waals surface area contributed by atoms with Gasteiger partial charge < -0.3 is 14.2 Å². The molecular weight excluding hydrogens is 521 g/mol. The molecule has 36 heavy (non-hydrogen) atoms. The molecule has 0 bridgehead atoms. The molecule has 194 valence electrons. The molecule has 0 spiro atoms. The quantitative estimate of drug-likeness (QED) is 0.348. The maximum absolute atomic E-state index is 13.3. The first-order chi connectivity index (χ1) is 16.6. The van der Waals surface area contributed by atoms with Crippen molar-refractivity contribution in [1.29, 1.82) is 0 Å². The maximum Gasteiger partial charge on any atom is 0.171 e. The Labute approximate surface area is 229 Å². The van der Waals surface area contributed by atoms with Gasteiger partial charge >= 0.3 is 0 Å². The molecule has 2 heterocycles. The highest BCUT2D eigenvalue weighted by molar-refractivity contribution is 6.30. The molecule has 5 rings (SSSR count). The number of ether oxygens (including phenoxy) is 1. The Hall–Kier alpha value is -2.25. The van der Waals surface area contributed by atoms with Gasteiger partial charge in [0.05, 0.1) is 18.4 Å². The van der Waals surface area contributed by atoms with Gasteiger partial charge in [0.15, 0.2) is 5.78 Å². The zero-order valence-corrected chi connectivity index (χ0v) is 22.7. The van der Waals surface area contributed by atoms with Crippen LogP contribution in [0.4, 0.5) is 5.69 Å². The third kappa shape index (κ3) is 6.00. The van der Waals surface area contributed by atoms with Crippen LogP contribution in [-0.4, -0.2) is 55.7 Å². The molecule has 1 saturated heterocycles. The van der Waals surface area contributed by atoms with Gasteiger partial charge in [-0.05, 0) is 50.1 Å². The van der Waals surface area contributed by atoms with Gasteiger partial charge in [-0.3, -0.25) is 9.69 Å². The number of carbonyl (C=O) groups is 1. The number of hydrogen-bond donors (Lipinski definition) is 0. The van der Waals surface area contributed by atoms with E-state index in [-0.39, 0.29) is 36.5 Å². The van der Waals surface area contributed by atoms with Gasteiger partial charge in [0, 0.05) is 49.1 Å². The van der Waals surface area contributed by atoms with Crippen LogP contribution in [0.3, 0.4) is 0 Å². The number of hydrogen-bond acceptors (Lipinski definition) is 6. The number of aromatic nitrogens is 1. The zero-order chi connectivity index (χ0) is 23.5. The van der Waals surface area contributed by atoms with Gasteiger partial charge in [0.1, 0.15) is 17.2 Å². The second-order valence-electron chi connectivity index (χ2n) is 9.08. The molecule has 6 nitrogen and oxygen atoms in total. The van der Waals surface area contributed by atoms with Crippen LogP contribution in [0.15, 0.2) is 53.1 Å². The standard InChI is InChI=1S/C27H30ClN3O3.2ClH/c1-33-23-7-3-2-6-22(23)31-17-15-30(16-18-31)14-4-5-20-10-13-24-25(27(20)32)26(29-34-24)19-8-11-21(28)12-9-19;;/h2-3,6-9,11-12,20H,4-5,10,13-18H2,1H3;2*1H. The van der Waals surface area contributed by atoms with Crippen LogP contribution in [0.5, 0.6) is 5.75 Å². The fourth-order valence-electron chi connectivity index (χ4n) is 5.13. The van der Waals surface area contributed by atoms with E-state index in [1.165, 1.54) is 5.69 Å². The summed E-state index contributed by atoms with van der Waals surface area (Å²) in [5.74, 6) is 1.86. The SMILES string of the molecule is COc1ccccc1N1CCN(CCCC2CCc3onc(-c4ccc(Cl)cc4)c3C2=O)CC1.Cl.Cl. The summed E-state index contributed by atoms with van der Waals surface area (Å²) in [6.07, 6.45) is 3.52. The van der Waals surface area contributed by atoms with Gasteiger partial charge in [-0.15, -0.1) is 24.8 Å². The topological polar surface area (TPSA) is 58.8 Å². The van der Waals surface area contributed by atoms with E-state index in [2.05, 4.69) is 27.1 Å². The van der Waals surface area contributed by atoms with Gasteiger partial charge in [-0.25, -0.2) is 0 Å². The van der Waals surface area contributed by atoms with E-state index >= 15 is 0 Å². The van der Waals surface area contributed by atoms with Crippen LogP contribution < -0.4 is 9.64 Å². The van der Waals surface area contributed by atoms with Gasteiger partial charge in [0.25, 0.3) is 0 Å². The van der Waals surface area contributed by atoms with Crippen molar-refractivity contribution in [3.63, 3.8) is 0 Å². The summed E-state index contributed by atoms with van der Waals surface area (Å²) < 4.78 is 11.1. The van der Waals surface area contributed by atoms with E-state index in [9.17, 15) is 4.79 Å². The Bertz CT molecular complexity index is 1140. The van der Waals surface area contributed by atoms with Crippen molar-refractivity contribution in [2.45, 2.75) is 25.7 Å². The van der Waals surface area contributed by atoms with Crippen molar-refractivity contribution in [3.05, 3.63) is 64.9 Å². The highest BCUT2D eigenvalue weighted by Gasteiger charge is 2.34. The third-order valence-corrected chi connectivity index (χ3v) is 7.29. The predicted molar refractivity (Wildman–Crippen MR) is 148 cm³/mol. The summed E-state index contributed by atoms with van der Waals surface area (Å²) in [6.45, 7) is 5.03. The second kappa shape index (κ2) is 12.8. The molecule has 0 radical (unpaired) electrons. The normalized spacial score (nSPS) is 17.7. The number of ketones is 1. The number of fused-ring (bicyclic) bond motifs is 1. The van der Waals surface area contributed by atoms with E-state index in [1.54, 1.807) is 7.11 Å². The number of rotatable bonds is 7. The molecule has 1 aromatic heterocycles. The monoisotopic (exact) mass is 551 g/mol. The van der Waals surface area contributed by atoms with Crippen molar-refractivity contribution in [3.8, 4) is 17.0 Å². The Morgan fingerprint density at radius 3 is 2.50 bits per heavy atom. The Balaban J connectivity index is 0.00000180. The molecule has 2 aliphatic rings. The van der Waals surface area contributed by atoms with Crippen LogP contribution in [0.2, 0.25) is 5.02 Å². The number of methoxy groups -OCH3 is 1. The molecule has 1 aliphatic heterocycles. The largest absolute Gasteiger partial charge is 0.495 e. The predicted octanol–water partition coefficient (Wildman–Crippen LogP) is 6.19. The highest BCUT2D eigenvalue weighted by atomic mass is 35.5. The average molecular weight is 553 g/mol. The number of benzene rings is 2. The first-order valence-corrected chi connectivity index (χ1v) is 12.4. The summed E-state index contributed by atoms with van der Waals surface area (Å²) in [7, 11) is 1.72. The number of Topliss-reactive ketones (excluding diaryl/α,β-unsaturated/α-hetero) is 1. The molecule has 0 N–H and O–H groups in total. The second-order valence-corrected chi connectivity index (χ2v) is 9.52. The Morgan fingerprint density at radius 2 is 1.78 bits per heavy atom. The third-order valence-electron chi connectivity index (χ3n) is 7.04. The summed E-state index contributed by atoms with van der Waals surface area (Å²) in [5.41, 5.74) is 3.35. The highest BCUT2D eigenvalue weighted by Crippen LogP contribution is 2.35. The summed E-state index contributed by atoms with van der Waals surface area (Å²) in [4.78, 5) is 18.2. The fraction of sp³-hybridized carbons (Fsp3) is 0.407. The summed E-state index contributed by atoms with van der Waals surface area (Å²) >= 11 is 6.02. The molecular formula is C27H32Cl3N3O3. The lowest BCUT2D eigenvalue weighted by Gasteiger charge is -2.36. The number of para-hydroxylation sites is 2. The molecule has 1 unspecified atom stereocenters. The minimum Gasteiger partial charge on any atom is -0.495 e. The van der Waals surface area contributed by atoms with Crippen LogP contribution >= 0.6 is 36.4 Å². The fourth-order valence-corrected chi connectivity index (χ4v) is 5.26. The van der Waals surface area contributed by atoms with Gasteiger partial charge in [-0.2, -0.15) is 0 Å². The number of piperazine rings is 1. The molecule has 2 aromatic carbocycles. The smallest absolute Gasteiger partial charge is 0.171 e. The number of nitrogens with zero attached hydrogens (tertiary/aromatic N) is 3. The lowest BCUT2D eigenvalue weighted by Crippen LogP contribution is -2.46. The zero-order valence-electron chi connectivity index (χ0n) is 20.3. The number of carbonyl (C=O) groups excluding carboxylic acids is 1. The average Bonchev–Trinajstić information content (AvgIpc) is 3.31. The van der Waals surface area contributed by atoms with Crippen molar-refractivity contribution in [2.24, 2.45) is 5.92 Å². The van der Waals surface area contributed by atoms with Crippen LogP contribution in [0.1, 0.15) is 35.4 Å². The lowest BCUT2D eigenvalue weighted by atomic mass is 9.82.